The molecule has 3 rings (SSSR count). The Hall–Kier alpha value is -4.21. The smallest absolute Gasteiger partial charge is 0.387 e. The van der Waals surface area contributed by atoms with Crippen LogP contribution in [0.25, 0.3) is 11.8 Å². The molecular formula is C23H21F2N3O5. The van der Waals surface area contributed by atoms with Crippen LogP contribution in [0.5, 0.6) is 11.5 Å². The summed E-state index contributed by atoms with van der Waals surface area (Å²) >= 11 is 0. The average molecular weight is 457 g/mol. The zero-order chi connectivity index (χ0) is 23.8. The number of nitrogens with zero attached hydrogens (tertiary/aromatic N) is 2. The number of aromatic nitrogens is 2. The number of halogens is 2. The Kier molecular flexibility index (Phi) is 7.74. The Balaban J connectivity index is 1.73. The van der Waals surface area contributed by atoms with E-state index >= 15 is 0 Å². The number of anilines is 1. The third-order valence-corrected chi connectivity index (χ3v) is 4.30. The monoisotopic (exact) mass is 457 g/mol. The molecule has 1 heterocycles. The maximum Gasteiger partial charge on any atom is 0.387 e. The van der Waals surface area contributed by atoms with Gasteiger partial charge in [-0.2, -0.15) is 13.9 Å². The lowest BCUT2D eigenvalue weighted by Gasteiger charge is -2.12. The molecule has 0 unspecified atom stereocenters. The molecule has 0 radical (unpaired) electrons. The summed E-state index contributed by atoms with van der Waals surface area (Å²) in [6.45, 7) is -1.10. The minimum absolute atomic E-state index is 0.118. The highest BCUT2D eigenvalue weighted by molar-refractivity contribution is 6.02. The first-order valence-corrected chi connectivity index (χ1v) is 9.85. The van der Waals surface area contributed by atoms with Crippen molar-refractivity contribution in [3.8, 4) is 17.2 Å². The molecule has 1 aromatic heterocycles. The van der Waals surface area contributed by atoms with Gasteiger partial charge in [0.25, 0.3) is 0 Å². The van der Waals surface area contributed by atoms with Crippen molar-refractivity contribution in [2.24, 2.45) is 0 Å². The number of amides is 1. The van der Waals surface area contributed by atoms with Crippen LogP contribution in [-0.2, 0) is 9.53 Å². The molecule has 172 valence electrons. The molecule has 0 fully saturated rings. The standard InChI is InChI=1S/C23H21F2N3O5/c1-3-32-22(30)18-12-13-28(27-18)17-8-5-7-16(14-17)26-20(29)11-10-15-6-4-9-19(31-2)21(15)33-23(24)25/h4-14,23H,3H2,1-2H3,(H,26,29). The van der Waals surface area contributed by atoms with Gasteiger partial charge in [-0.1, -0.05) is 18.2 Å². The summed E-state index contributed by atoms with van der Waals surface area (Å²) in [6.07, 6.45) is 4.13. The third-order valence-electron chi connectivity index (χ3n) is 4.30. The minimum Gasteiger partial charge on any atom is -0.493 e. The predicted octanol–water partition coefficient (Wildman–Crippen LogP) is 4.31. The van der Waals surface area contributed by atoms with Crippen LogP contribution in [0.2, 0.25) is 0 Å². The molecule has 0 aliphatic rings. The fourth-order valence-corrected chi connectivity index (χ4v) is 2.90. The number of para-hydroxylation sites is 1. The van der Waals surface area contributed by atoms with Crippen molar-refractivity contribution in [2.45, 2.75) is 13.5 Å². The van der Waals surface area contributed by atoms with Crippen molar-refractivity contribution in [1.29, 1.82) is 0 Å². The Labute approximate surface area is 188 Å². The van der Waals surface area contributed by atoms with Gasteiger partial charge in [0.15, 0.2) is 17.2 Å². The van der Waals surface area contributed by atoms with Gasteiger partial charge in [0.05, 0.1) is 19.4 Å². The molecule has 0 saturated carbocycles. The molecule has 0 aliphatic carbocycles. The van der Waals surface area contributed by atoms with Crippen molar-refractivity contribution >= 4 is 23.6 Å². The number of esters is 1. The van der Waals surface area contributed by atoms with E-state index in [1.807, 2.05) is 0 Å². The predicted molar refractivity (Wildman–Crippen MR) is 117 cm³/mol. The molecule has 0 bridgehead atoms. The molecule has 1 amide bonds. The SMILES string of the molecule is CCOC(=O)c1ccn(-c2cccc(NC(=O)C=Cc3cccc(OC)c3OC(F)F)c2)n1. The average Bonchev–Trinajstić information content (AvgIpc) is 3.29. The summed E-state index contributed by atoms with van der Waals surface area (Å²) in [5, 5.41) is 6.86. The second-order valence-corrected chi connectivity index (χ2v) is 6.50. The van der Waals surface area contributed by atoms with Gasteiger partial charge in [-0.3, -0.25) is 4.79 Å². The fourth-order valence-electron chi connectivity index (χ4n) is 2.90. The van der Waals surface area contributed by atoms with Crippen molar-refractivity contribution in [1.82, 2.24) is 9.78 Å². The lowest BCUT2D eigenvalue weighted by atomic mass is 10.1. The van der Waals surface area contributed by atoms with E-state index in [0.29, 0.717) is 11.4 Å². The summed E-state index contributed by atoms with van der Waals surface area (Å²) in [5.74, 6) is -1.08. The van der Waals surface area contributed by atoms with Crippen molar-refractivity contribution in [2.75, 3.05) is 19.0 Å². The van der Waals surface area contributed by atoms with Crippen LogP contribution in [0, 0.1) is 0 Å². The zero-order valence-electron chi connectivity index (χ0n) is 17.8. The number of benzene rings is 2. The van der Waals surface area contributed by atoms with E-state index in [2.05, 4.69) is 15.2 Å². The topological polar surface area (TPSA) is 91.7 Å². The van der Waals surface area contributed by atoms with E-state index in [0.717, 1.165) is 0 Å². The largest absolute Gasteiger partial charge is 0.493 e. The van der Waals surface area contributed by atoms with Gasteiger partial charge in [0.1, 0.15) is 0 Å². The van der Waals surface area contributed by atoms with Crippen LogP contribution in [0.3, 0.4) is 0 Å². The van der Waals surface area contributed by atoms with E-state index in [1.54, 1.807) is 43.5 Å². The number of nitrogens with one attached hydrogen (secondary N) is 1. The van der Waals surface area contributed by atoms with E-state index in [1.165, 1.54) is 42.1 Å². The Morgan fingerprint density at radius 1 is 1.18 bits per heavy atom. The molecule has 1 N–H and O–H groups in total. The first-order chi connectivity index (χ1) is 15.9. The maximum atomic E-state index is 12.8. The van der Waals surface area contributed by atoms with E-state index in [-0.39, 0.29) is 29.4 Å². The van der Waals surface area contributed by atoms with E-state index in [9.17, 15) is 18.4 Å². The molecule has 10 heteroatoms. The molecule has 8 nitrogen and oxygen atoms in total. The first kappa shape index (κ1) is 23.5. The number of ether oxygens (including phenoxy) is 3. The summed E-state index contributed by atoms with van der Waals surface area (Å²) in [6, 6.07) is 12.9. The van der Waals surface area contributed by atoms with E-state index in [4.69, 9.17) is 9.47 Å². The molecular weight excluding hydrogens is 436 g/mol. The van der Waals surface area contributed by atoms with Crippen LogP contribution >= 0.6 is 0 Å². The number of methoxy groups -OCH3 is 1. The Bertz CT molecular complexity index is 1160. The van der Waals surface area contributed by atoms with Crippen LogP contribution in [0.15, 0.2) is 60.8 Å². The summed E-state index contributed by atoms with van der Waals surface area (Å²) in [5.41, 5.74) is 1.48. The fraction of sp³-hybridized carbons (Fsp3) is 0.174. The second kappa shape index (κ2) is 10.9. The van der Waals surface area contributed by atoms with Gasteiger partial charge in [0, 0.05) is 23.5 Å². The van der Waals surface area contributed by atoms with Gasteiger partial charge >= 0.3 is 12.6 Å². The van der Waals surface area contributed by atoms with Crippen LogP contribution < -0.4 is 14.8 Å². The number of carbonyl (C=O) groups is 2. The molecule has 0 atom stereocenters. The van der Waals surface area contributed by atoms with Crippen molar-refractivity contribution in [3.63, 3.8) is 0 Å². The number of hydrogen-bond acceptors (Lipinski definition) is 6. The van der Waals surface area contributed by atoms with Crippen LogP contribution in [-0.4, -0.2) is 42.0 Å². The van der Waals surface area contributed by atoms with Gasteiger partial charge in [-0.25, -0.2) is 9.48 Å². The normalized spacial score (nSPS) is 10.9. The maximum absolute atomic E-state index is 12.8. The number of alkyl halides is 2. The molecule has 0 saturated heterocycles. The molecule has 0 spiro atoms. The summed E-state index contributed by atoms with van der Waals surface area (Å²) in [7, 11) is 1.33. The van der Waals surface area contributed by atoms with Gasteiger partial charge in [-0.05, 0) is 43.3 Å². The number of rotatable bonds is 9. The minimum atomic E-state index is -3.04. The van der Waals surface area contributed by atoms with E-state index < -0.39 is 18.5 Å². The lowest BCUT2D eigenvalue weighted by Crippen LogP contribution is -2.09. The van der Waals surface area contributed by atoms with Gasteiger partial charge in [-0.15, -0.1) is 0 Å². The highest BCUT2D eigenvalue weighted by Gasteiger charge is 2.14. The molecule has 2 aromatic carbocycles. The van der Waals surface area contributed by atoms with Gasteiger partial charge in [0.2, 0.25) is 5.91 Å². The highest BCUT2D eigenvalue weighted by atomic mass is 19.3. The third kappa shape index (κ3) is 6.16. The van der Waals surface area contributed by atoms with Crippen LogP contribution in [0.4, 0.5) is 14.5 Å². The molecule has 0 aliphatic heterocycles. The van der Waals surface area contributed by atoms with Crippen molar-refractivity contribution < 1.29 is 32.6 Å². The highest BCUT2D eigenvalue weighted by Crippen LogP contribution is 2.33. The van der Waals surface area contributed by atoms with Crippen molar-refractivity contribution in [3.05, 3.63) is 72.1 Å². The summed E-state index contributed by atoms with van der Waals surface area (Å²) < 4.78 is 41.5. The summed E-state index contributed by atoms with van der Waals surface area (Å²) in [4.78, 5) is 24.2. The second-order valence-electron chi connectivity index (χ2n) is 6.50. The molecule has 33 heavy (non-hydrogen) atoms. The van der Waals surface area contributed by atoms with Crippen LogP contribution in [0.1, 0.15) is 23.0 Å². The number of carbonyl (C=O) groups excluding carboxylic acids is 2. The zero-order valence-corrected chi connectivity index (χ0v) is 17.8. The Morgan fingerprint density at radius 3 is 2.70 bits per heavy atom. The lowest BCUT2D eigenvalue weighted by molar-refractivity contribution is -0.111. The number of hydrogen-bond donors (Lipinski definition) is 1. The molecule has 3 aromatic rings. The van der Waals surface area contributed by atoms with Gasteiger partial charge < -0.3 is 19.5 Å². The first-order valence-electron chi connectivity index (χ1n) is 9.85. The Morgan fingerprint density at radius 2 is 1.97 bits per heavy atom. The quantitative estimate of drug-likeness (QED) is 0.380.